The summed E-state index contributed by atoms with van der Waals surface area (Å²) in [5.74, 6) is 0.0579. The van der Waals surface area contributed by atoms with Gasteiger partial charge in [-0.1, -0.05) is 69.1 Å². The summed E-state index contributed by atoms with van der Waals surface area (Å²) in [5, 5.41) is 3.88. The van der Waals surface area contributed by atoms with Gasteiger partial charge >= 0.3 is 0 Å². The van der Waals surface area contributed by atoms with Crippen LogP contribution in [0.2, 0.25) is 10.0 Å². The zero-order chi connectivity index (χ0) is 24.8. The summed E-state index contributed by atoms with van der Waals surface area (Å²) in [7, 11) is 0. The van der Waals surface area contributed by atoms with Crippen molar-refractivity contribution in [1.29, 1.82) is 0 Å². The Balaban J connectivity index is 2.18. The maximum absolute atomic E-state index is 13.2. The van der Waals surface area contributed by atoms with Gasteiger partial charge in [0.15, 0.2) is 6.61 Å². The molecule has 0 unspecified atom stereocenters. The molecule has 0 saturated carbocycles. The molecule has 2 rings (SSSR count). The largest absolute Gasteiger partial charge is 0.484 e. The van der Waals surface area contributed by atoms with Gasteiger partial charge < -0.3 is 15.0 Å². The van der Waals surface area contributed by atoms with E-state index in [1.807, 2.05) is 38.1 Å². The van der Waals surface area contributed by atoms with Gasteiger partial charge in [-0.2, -0.15) is 0 Å². The van der Waals surface area contributed by atoms with Gasteiger partial charge in [-0.05, 0) is 61.1 Å². The fourth-order valence-corrected chi connectivity index (χ4v) is 3.63. The Morgan fingerprint density at radius 3 is 2.24 bits per heavy atom. The molecule has 0 fully saturated rings. The zero-order valence-electron chi connectivity index (χ0n) is 20.2. The molecule has 180 valence electrons. The van der Waals surface area contributed by atoms with E-state index in [2.05, 4.69) is 26.1 Å². The minimum atomic E-state index is -0.704. The SMILES string of the molecule is CC[C@@H](C)NC(=O)[C@H](C)N(Cc1ccc(Cl)cc1Cl)C(=O)COc1ccc(C(C)(C)C)cc1. The van der Waals surface area contributed by atoms with Crippen molar-refractivity contribution < 1.29 is 14.3 Å². The lowest BCUT2D eigenvalue weighted by Gasteiger charge is -2.30. The van der Waals surface area contributed by atoms with Crippen LogP contribution in [0.1, 0.15) is 59.1 Å². The molecule has 0 spiro atoms. The molecular formula is C26H34Cl2N2O3. The van der Waals surface area contributed by atoms with Crippen molar-refractivity contribution in [3.63, 3.8) is 0 Å². The fourth-order valence-electron chi connectivity index (χ4n) is 3.16. The number of benzene rings is 2. The second-order valence-corrected chi connectivity index (χ2v) is 10.2. The average Bonchev–Trinajstić information content (AvgIpc) is 2.76. The highest BCUT2D eigenvalue weighted by Gasteiger charge is 2.28. The van der Waals surface area contributed by atoms with Crippen LogP contribution in [0.15, 0.2) is 42.5 Å². The molecule has 7 heteroatoms. The zero-order valence-corrected chi connectivity index (χ0v) is 21.8. The minimum Gasteiger partial charge on any atom is -0.484 e. The highest BCUT2D eigenvalue weighted by molar-refractivity contribution is 6.35. The van der Waals surface area contributed by atoms with Gasteiger partial charge in [-0.15, -0.1) is 0 Å². The Bertz CT molecular complexity index is 955. The highest BCUT2D eigenvalue weighted by atomic mass is 35.5. The van der Waals surface area contributed by atoms with Crippen LogP contribution in [-0.4, -0.2) is 35.4 Å². The standard InChI is InChI=1S/C26H34Cl2N2O3/c1-7-17(2)29-25(32)18(3)30(15-19-8-11-21(27)14-23(19)28)24(31)16-33-22-12-9-20(10-13-22)26(4,5)6/h8-14,17-18H,7,15-16H2,1-6H3,(H,29,32)/t17-,18+/m1/s1. The number of hydrogen-bond acceptors (Lipinski definition) is 3. The van der Waals surface area contributed by atoms with Crippen LogP contribution in [0.3, 0.4) is 0 Å². The lowest BCUT2D eigenvalue weighted by molar-refractivity contribution is -0.142. The Hall–Kier alpha value is -2.24. The Kier molecular flexibility index (Phi) is 9.62. The lowest BCUT2D eigenvalue weighted by atomic mass is 9.87. The van der Waals surface area contributed by atoms with Crippen LogP contribution < -0.4 is 10.1 Å². The van der Waals surface area contributed by atoms with Gasteiger partial charge in [-0.3, -0.25) is 9.59 Å². The van der Waals surface area contributed by atoms with Crippen molar-refractivity contribution in [3.05, 3.63) is 63.6 Å². The second kappa shape index (κ2) is 11.8. The van der Waals surface area contributed by atoms with E-state index in [1.54, 1.807) is 25.1 Å². The molecule has 0 saturated heterocycles. The second-order valence-electron chi connectivity index (χ2n) is 9.31. The number of carbonyl (C=O) groups is 2. The van der Waals surface area contributed by atoms with E-state index >= 15 is 0 Å². The van der Waals surface area contributed by atoms with Crippen LogP contribution in [0.4, 0.5) is 0 Å². The summed E-state index contributed by atoms with van der Waals surface area (Å²) in [6.45, 7) is 12.0. The van der Waals surface area contributed by atoms with Gasteiger partial charge in [0.2, 0.25) is 5.91 Å². The van der Waals surface area contributed by atoms with Gasteiger partial charge in [0.05, 0.1) is 0 Å². The molecule has 1 N–H and O–H groups in total. The smallest absolute Gasteiger partial charge is 0.261 e. The number of carbonyl (C=O) groups excluding carboxylic acids is 2. The topological polar surface area (TPSA) is 58.6 Å². The van der Waals surface area contributed by atoms with E-state index in [1.165, 1.54) is 10.5 Å². The van der Waals surface area contributed by atoms with Crippen molar-refractivity contribution in [2.45, 2.75) is 72.0 Å². The van der Waals surface area contributed by atoms with Crippen molar-refractivity contribution >= 4 is 35.0 Å². The molecule has 2 aromatic carbocycles. The first-order valence-corrected chi connectivity index (χ1v) is 11.9. The molecule has 33 heavy (non-hydrogen) atoms. The molecule has 5 nitrogen and oxygen atoms in total. The number of ether oxygens (including phenoxy) is 1. The minimum absolute atomic E-state index is 0.00797. The van der Waals surface area contributed by atoms with E-state index in [0.29, 0.717) is 21.4 Å². The Labute approximate surface area is 207 Å². The number of rotatable bonds is 9. The monoisotopic (exact) mass is 492 g/mol. The predicted octanol–water partition coefficient (Wildman–Crippen LogP) is 6.00. The first kappa shape index (κ1) is 27.0. The number of amides is 2. The molecule has 0 aliphatic rings. The first-order valence-electron chi connectivity index (χ1n) is 11.2. The van der Waals surface area contributed by atoms with Gasteiger partial charge in [0.25, 0.3) is 5.91 Å². The summed E-state index contributed by atoms with van der Waals surface area (Å²) in [5.41, 5.74) is 1.91. The Morgan fingerprint density at radius 2 is 1.70 bits per heavy atom. The molecule has 0 aromatic heterocycles. The van der Waals surface area contributed by atoms with Crippen LogP contribution in [0, 0.1) is 0 Å². The number of nitrogens with one attached hydrogen (secondary N) is 1. The van der Waals surface area contributed by atoms with Crippen molar-refractivity contribution in [3.8, 4) is 5.75 Å². The molecule has 2 atom stereocenters. The first-order chi connectivity index (χ1) is 15.4. The lowest BCUT2D eigenvalue weighted by Crippen LogP contribution is -2.50. The third-order valence-corrected chi connectivity index (χ3v) is 6.19. The van der Waals surface area contributed by atoms with Crippen LogP contribution in [0.25, 0.3) is 0 Å². The van der Waals surface area contributed by atoms with E-state index in [9.17, 15) is 9.59 Å². The number of hydrogen-bond donors (Lipinski definition) is 1. The van der Waals surface area contributed by atoms with E-state index in [-0.39, 0.29) is 36.4 Å². The van der Waals surface area contributed by atoms with Crippen molar-refractivity contribution in [1.82, 2.24) is 10.2 Å². The molecule has 0 radical (unpaired) electrons. The summed E-state index contributed by atoms with van der Waals surface area (Å²) >= 11 is 12.3. The molecule has 0 aliphatic heterocycles. The van der Waals surface area contributed by atoms with E-state index in [0.717, 1.165) is 6.42 Å². The summed E-state index contributed by atoms with van der Waals surface area (Å²) in [4.78, 5) is 27.5. The molecule has 0 bridgehead atoms. The highest BCUT2D eigenvalue weighted by Crippen LogP contribution is 2.25. The fraction of sp³-hybridized carbons (Fsp3) is 0.462. The van der Waals surface area contributed by atoms with E-state index < -0.39 is 6.04 Å². The predicted molar refractivity (Wildman–Crippen MR) is 135 cm³/mol. The summed E-state index contributed by atoms with van der Waals surface area (Å²) in [6.07, 6.45) is 0.795. The molecular weight excluding hydrogens is 459 g/mol. The molecule has 0 heterocycles. The maximum Gasteiger partial charge on any atom is 0.261 e. The van der Waals surface area contributed by atoms with Crippen LogP contribution in [0.5, 0.6) is 5.75 Å². The Morgan fingerprint density at radius 1 is 1.06 bits per heavy atom. The summed E-state index contributed by atoms with van der Waals surface area (Å²) < 4.78 is 5.76. The average molecular weight is 493 g/mol. The number of nitrogens with zero attached hydrogens (tertiary/aromatic N) is 1. The van der Waals surface area contributed by atoms with Gasteiger partial charge in [0.1, 0.15) is 11.8 Å². The molecule has 2 aromatic rings. The van der Waals surface area contributed by atoms with Gasteiger partial charge in [-0.25, -0.2) is 0 Å². The number of halogens is 2. The summed E-state index contributed by atoms with van der Waals surface area (Å²) in [6, 6.07) is 12.1. The van der Waals surface area contributed by atoms with E-state index in [4.69, 9.17) is 27.9 Å². The van der Waals surface area contributed by atoms with Crippen LogP contribution >= 0.6 is 23.2 Å². The molecule has 0 aliphatic carbocycles. The van der Waals surface area contributed by atoms with Crippen molar-refractivity contribution in [2.75, 3.05) is 6.61 Å². The van der Waals surface area contributed by atoms with Gasteiger partial charge in [0, 0.05) is 22.6 Å². The normalized spacial score (nSPS) is 13.2. The maximum atomic E-state index is 13.2. The van der Waals surface area contributed by atoms with Crippen LogP contribution in [-0.2, 0) is 21.5 Å². The third kappa shape index (κ3) is 7.94. The third-order valence-electron chi connectivity index (χ3n) is 5.61. The quantitative estimate of drug-likeness (QED) is 0.466. The van der Waals surface area contributed by atoms with Crippen molar-refractivity contribution in [2.24, 2.45) is 0 Å². The molecule has 2 amide bonds.